The lowest BCUT2D eigenvalue weighted by atomic mass is 9.63. The average molecular weight is 356 g/mol. The molecule has 2 N–H and O–H groups in total. The van der Waals surface area contributed by atoms with Crippen LogP contribution in [0.25, 0.3) is 5.57 Å². The number of ether oxygens (including phenoxy) is 1. The van der Waals surface area contributed by atoms with Gasteiger partial charge in [0.2, 0.25) is 0 Å². The summed E-state index contributed by atoms with van der Waals surface area (Å²) in [7, 11) is -1.52. The van der Waals surface area contributed by atoms with Gasteiger partial charge in [0.05, 0.1) is 0 Å². The van der Waals surface area contributed by atoms with E-state index in [4.69, 9.17) is 4.74 Å². The molecule has 2 unspecified atom stereocenters. The van der Waals surface area contributed by atoms with Crippen LogP contribution in [0.3, 0.4) is 0 Å². The minimum Gasteiger partial charge on any atom is -0.425 e. The molecule has 4 heteroatoms. The van der Waals surface area contributed by atoms with Gasteiger partial charge in [0.1, 0.15) is 5.50 Å². The third-order valence-corrected chi connectivity index (χ3v) is 5.19. The standard InChI is InChI=1S/C22H33BO3/c1-18(2)8-7-9-19(3)14-17-26-22(23(24)25)15-12-21(13-16-22)20-10-5-4-6-11-20/h4-6,10-13,15,18-19,24-25H,7-9,14,16-17H2,1-3H3. The predicted molar refractivity (Wildman–Crippen MR) is 110 cm³/mol. The maximum Gasteiger partial charge on any atom is 0.490 e. The van der Waals surface area contributed by atoms with E-state index in [0.717, 1.165) is 23.5 Å². The van der Waals surface area contributed by atoms with Crippen molar-refractivity contribution in [2.75, 3.05) is 6.61 Å². The lowest BCUT2D eigenvalue weighted by molar-refractivity contribution is 0.0198. The molecular weight excluding hydrogens is 323 g/mol. The van der Waals surface area contributed by atoms with Crippen LogP contribution in [-0.2, 0) is 4.74 Å². The monoisotopic (exact) mass is 356 g/mol. The largest absolute Gasteiger partial charge is 0.490 e. The first-order valence-electron chi connectivity index (χ1n) is 9.88. The Labute approximate surface area is 158 Å². The van der Waals surface area contributed by atoms with Crippen LogP contribution in [-0.4, -0.2) is 29.3 Å². The summed E-state index contributed by atoms with van der Waals surface area (Å²) < 4.78 is 5.98. The first kappa shape index (κ1) is 21.0. The number of allylic oxidation sites excluding steroid dienone is 2. The molecule has 2 rings (SSSR count). The van der Waals surface area contributed by atoms with E-state index in [2.05, 4.69) is 32.9 Å². The summed E-state index contributed by atoms with van der Waals surface area (Å²) in [5.41, 5.74) is 1.19. The lowest BCUT2D eigenvalue weighted by Gasteiger charge is -2.32. The number of hydrogen-bond acceptors (Lipinski definition) is 3. The molecule has 0 aromatic heterocycles. The van der Waals surface area contributed by atoms with Crippen molar-refractivity contribution in [2.24, 2.45) is 11.8 Å². The highest BCUT2D eigenvalue weighted by Crippen LogP contribution is 2.31. The molecule has 142 valence electrons. The van der Waals surface area contributed by atoms with Crippen molar-refractivity contribution >= 4 is 12.7 Å². The number of hydrogen-bond donors (Lipinski definition) is 2. The van der Waals surface area contributed by atoms with Crippen molar-refractivity contribution in [3.05, 3.63) is 54.1 Å². The zero-order valence-electron chi connectivity index (χ0n) is 16.4. The van der Waals surface area contributed by atoms with Crippen molar-refractivity contribution in [3.63, 3.8) is 0 Å². The Balaban J connectivity index is 1.86. The van der Waals surface area contributed by atoms with E-state index in [-0.39, 0.29) is 0 Å². The van der Waals surface area contributed by atoms with Crippen LogP contribution in [0.15, 0.2) is 48.6 Å². The van der Waals surface area contributed by atoms with Gasteiger partial charge in [-0.1, -0.05) is 88.6 Å². The van der Waals surface area contributed by atoms with Gasteiger partial charge in [-0.15, -0.1) is 0 Å². The third kappa shape index (κ3) is 6.12. The van der Waals surface area contributed by atoms with Gasteiger partial charge in [-0.25, -0.2) is 0 Å². The minimum atomic E-state index is -1.52. The maximum absolute atomic E-state index is 9.90. The Hall–Kier alpha value is -1.36. The molecule has 0 aliphatic heterocycles. The smallest absolute Gasteiger partial charge is 0.425 e. The molecule has 0 spiro atoms. The van der Waals surface area contributed by atoms with Crippen LogP contribution in [0.2, 0.25) is 0 Å². The second kappa shape index (κ2) is 10.1. The van der Waals surface area contributed by atoms with Crippen LogP contribution in [0, 0.1) is 11.8 Å². The van der Waals surface area contributed by atoms with Crippen LogP contribution in [0.4, 0.5) is 0 Å². The second-order valence-corrected chi connectivity index (χ2v) is 7.96. The van der Waals surface area contributed by atoms with Crippen molar-refractivity contribution in [1.82, 2.24) is 0 Å². The Kier molecular flexibility index (Phi) is 8.14. The van der Waals surface area contributed by atoms with Gasteiger partial charge in [0.25, 0.3) is 0 Å². The van der Waals surface area contributed by atoms with Crippen molar-refractivity contribution in [2.45, 2.75) is 58.4 Å². The molecule has 0 heterocycles. The van der Waals surface area contributed by atoms with Gasteiger partial charge in [-0.3, -0.25) is 0 Å². The van der Waals surface area contributed by atoms with Crippen LogP contribution in [0.5, 0.6) is 0 Å². The predicted octanol–water partition coefficient (Wildman–Crippen LogP) is 4.65. The molecule has 0 fully saturated rings. The Bertz CT molecular complexity index is 595. The third-order valence-electron chi connectivity index (χ3n) is 5.19. The van der Waals surface area contributed by atoms with E-state index >= 15 is 0 Å². The molecule has 0 saturated carbocycles. The van der Waals surface area contributed by atoms with Gasteiger partial charge >= 0.3 is 7.12 Å². The molecule has 1 aromatic carbocycles. The Morgan fingerprint density at radius 2 is 1.81 bits per heavy atom. The quantitative estimate of drug-likeness (QED) is 0.600. The van der Waals surface area contributed by atoms with E-state index in [9.17, 15) is 10.0 Å². The summed E-state index contributed by atoms with van der Waals surface area (Å²) in [5.74, 6) is 1.34. The maximum atomic E-state index is 9.90. The average Bonchev–Trinajstić information content (AvgIpc) is 2.62. The molecule has 1 aromatic rings. The first-order valence-corrected chi connectivity index (χ1v) is 9.88. The molecule has 2 atom stereocenters. The summed E-state index contributed by atoms with van der Waals surface area (Å²) in [4.78, 5) is 0. The van der Waals surface area contributed by atoms with Crippen LogP contribution >= 0.6 is 0 Å². The molecule has 26 heavy (non-hydrogen) atoms. The topological polar surface area (TPSA) is 49.7 Å². The van der Waals surface area contributed by atoms with Gasteiger partial charge in [0, 0.05) is 6.61 Å². The molecule has 0 saturated heterocycles. The fraction of sp³-hybridized carbons (Fsp3) is 0.545. The Morgan fingerprint density at radius 1 is 1.08 bits per heavy atom. The molecule has 3 nitrogen and oxygen atoms in total. The van der Waals surface area contributed by atoms with E-state index in [1.54, 1.807) is 0 Å². The molecule has 1 aliphatic rings. The molecule has 0 bridgehead atoms. The number of benzene rings is 1. The summed E-state index contributed by atoms with van der Waals surface area (Å²) in [6, 6.07) is 10.1. The highest BCUT2D eigenvalue weighted by molar-refractivity contribution is 6.46. The SMILES string of the molecule is CC(C)CCCC(C)CCOC1(B(O)O)C=CC(c2ccccc2)=CC1. The normalized spacial score (nSPS) is 20.9. The number of rotatable bonds is 10. The van der Waals surface area contributed by atoms with Crippen molar-refractivity contribution in [3.8, 4) is 0 Å². The zero-order chi connectivity index (χ0) is 19.0. The van der Waals surface area contributed by atoms with Crippen LogP contribution < -0.4 is 0 Å². The molecule has 1 aliphatic carbocycles. The van der Waals surface area contributed by atoms with Crippen molar-refractivity contribution < 1.29 is 14.8 Å². The lowest BCUT2D eigenvalue weighted by Crippen LogP contribution is -2.48. The zero-order valence-corrected chi connectivity index (χ0v) is 16.4. The summed E-state index contributed by atoms with van der Waals surface area (Å²) in [5, 5.41) is 19.8. The second-order valence-electron chi connectivity index (χ2n) is 7.96. The molecule has 0 radical (unpaired) electrons. The fourth-order valence-corrected chi connectivity index (χ4v) is 3.32. The summed E-state index contributed by atoms with van der Waals surface area (Å²) in [6.07, 6.45) is 10.9. The highest BCUT2D eigenvalue weighted by atomic mass is 16.5. The van der Waals surface area contributed by atoms with E-state index in [0.29, 0.717) is 18.9 Å². The van der Waals surface area contributed by atoms with Gasteiger partial charge in [-0.2, -0.15) is 0 Å². The van der Waals surface area contributed by atoms with E-state index in [1.165, 1.54) is 19.3 Å². The fourth-order valence-electron chi connectivity index (χ4n) is 3.32. The highest BCUT2D eigenvalue weighted by Gasteiger charge is 2.41. The Morgan fingerprint density at radius 3 is 2.38 bits per heavy atom. The van der Waals surface area contributed by atoms with Gasteiger partial charge in [-0.05, 0) is 35.8 Å². The first-order chi connectivity index (χ1) is 12.4. The van der Waals surface area contributed by atoms with Gasteiger partial charge in [0.15, 0.2) is 0 Å². The molecular formula is C22H33BO3. The van der Waals surface area contributed by atoms with E-state index in [1.807, 2.05) is 36.4 Å². The summed E-state index contributed by atoms with van der Waals surface area (Å²) in [6.45, 7) is 7.30. The van der Waals surface area contributed by atoms with Crippen LogP contribution in [0.1, 0.15) is 58.4 Å². The minimum absolute atomic E-state index is 0.465. The van der Waals surface area contributed by atoms with Crippen molar-refractivity contribution in [1.29, 1.82) is 0 Å². The van der Waals surface area contributed by atoms with Gasteiger partial charge < -0.3 is 14.8 Å². The molecule has 0 amide bonds. The summed E-state index contributed by atoms with van der Waals surface area (Å²) >= 11 is 0. The van der Waals surface area contributed by atoms with E-state index < -0.39 is 12.6 Å².